The number of sulfonamides is 1. The summed E-state index contributed by atoms with van der Waals surface area (Å²) in [6.07, 6.45) is 1.04. The molecule has 2 aromatic carbocycles. The van der Waals surface area contributed by atoms with Gasteiger partial charge in [-0.3, -0.25) is 4.79 Å². The Morgan fingerprint density at radius 3 is 2.20 bits per heavy atom. The number of likely N-dealkylation sites (N-methyl/N-ethyl adjacent to an activating group) is 1. The van der Waals surface area contributed by atoms with Crippen LogP contribution in [0.15, 0.2) is 57.9 Å². The van der Waals surface area contributed by atoms with Crippen LogP contribution >= 0.6 is 0 Å². The van der Waals surface area contributed by atoms with Crippen molar-refractivity contribution >= 4 is 27.7 Å². The summed E-state index contributed by atoms with van der Waals surface area (Å²) in [5, 5.41) is 3.82. The van der Waals surface area contributed by atoms with Crippen molar-refractivity contribution in [3.8, 4) is 11.1 Å². The summed E-state index contributed by atoms with van der Waals surface area (Å²) < 4.78 is 34.2. The fourth-order valence-electron chi connectivity index (χ4n) is 5.04. The van der Waals surface area contributed by atoms with E-state index in [0.717, 1.165) is 5.56 Å². The van der Waals surface area contributed by atoms with Crippen molar-refractivity contribution in [2.75, 3.05) is 11.8 Å². The van der Waals surface area contributed by atoms with Crippen LogP contribution in [0.5, 0.6) is 0 Å². The maximum absolute atomic E-state index is 13.5. The summed E-state index contributed by atoms with van der Waals surface area (Å²) in [5.41, 5.74) is 9.12. The van der Waals surface area contributed by atoms with E-state index in [-0.39, 0.29) is 39.6 Å². The molecule has 3 N–H and O–H groups in total. The Labute approximate surface area is 237 Å². The van der Waals surface area contributed by atoms with E-state index in [0.29, 0.717) is 35.2 Å². The monoisotopic (exact) mass is 569 g/mol. The first kappa shape index (κ1) is 31.0. The number of aromatic nitrogens is 1. The number of anilines is 1. The summed E-state index contributed by atoms with van der Waals surface area (Å²) in [7, 11) is -2.19. The number of aryl methyl sites for hydroxylation is 1. The average Bonchev–Trinajstić information content (AvgIpc) is 3.20. The minimum absolute atomic E-state index is 0.0383. The number of benzene rings is 2. The summed E-state index contributed by atoms with van der Waals surface area (Å²) in [6.45, 7) is 11.6. The van der Waals surface area contributed by atoms with Gasteiger partial charge in [0.15, 0.2) is 6.04 Å². The molecular weight excluding hydrogens is 528 g/mol. The van der Waals surface area contributed by atoms with E-state index in [2.05, 4.69) is 9.88 Å². The number of nitrogens with one attached hydrogen (secondary N) is 1. The van der Waals surface area contributed by atoms with Gasteiger partial charge in [-0.05, 0) is 37.8 Å². The van der Waals surface area contributed by atoms with Gasteiger partial charge in [-0.15, -0.1) is 0 Å². The van der Waals surface area contributed by atoms with Gasteiger partial charge >= 0.3 is 5.91 Å². The first-order chi connectivity index (χ1) is 18.7. The highest BCUT2D eigenvalue weighted by Crippen LogP contribution is 2.32. The summed E-state index contributed by atoms with van der Waals surface area (Å²) >= 11 is 0. The maximum Gasteiger partial charge on any atom is 0.314 e. The van der Waals surface area contributed by atoms with Gasteiger partial charge in [0.1, 0.15) is 6.54 Å². The van der Waals surface area contributed by atoms with Gasteiger partial charge in [-0.25, -0.2) is 22.4 Å². The van der Waals surface area contributed by atoms with Crippen molar-refractivity contribution in [3.63, 3.8) is 0 Å². The van der Waals surface area contributed by atoms with Crippen molar-refractivity contribution < 1.29 is 27.0 Å². The molecule has 3 rings (SSSR count). The maximum atomic E-state index is 13.5. The molecule has 0 spiro atoms. The van der Waals surface area contributed by atoms with Crippen LogP contribution < -0.4 is 10.5 Å². The lowest BCUT2D eigenvalue weighted by Gasteiger charge is -2.40. The highest BCUT2D eigenvalue weighted by atomic mass is 32.2. The highest BCUT2D eigenvalue weighted by molar-refractivity contribution is 7.92. The lowest BCUT2D eigenvalue weighted by molar-refractivity contribution is -0.868. The van der Waals surface area contributed by atoms with E-state index in [9.17, 15) is 18.0 Å². The molecule has 0 saturated carbocycles. The molecule has 0 saturated heterocycles. The molecule has 216 valence electrons. The number of hydrogen-bond donors (Lipinski definition) is 2. The largest absolute Gasteiger partial charge is 0.364 e. The quantitative estimate of drug-likeness (QED) is 0.289. The SMILES string of the molecule is CC[C@H](C)[C@@H](C(N)=O)[N+](C)(Cc1ccc(-c2ccccc2S(=O)(=O)Nc2onc(C)c2C)cc1)C(=O)CC(C)C. The first-order valence-electron chi connectivity index (χ1n) is 13.5. The second-order valence-corrected chi connectivity index (χ2v) is 12.8. The van der Waals surface area contributed by atoms with Crippen LogP contribution in [-0.2, 0) is 26.2 Å². The molecule has 0 fully saturated rings. The number of rotatable bonds is 12. The first-order valence-corrected chi connectivity index (χ1v) is 15.0. The highest BCUT2D eigenvalue weighted by Gasteiger charge is 2.46. The van der Waals surface area contributed by atoms with Gasteiger partial charge < -0.3 is 10.3 Å². The van der Waals surface area contributed by atoms with Crippen LogP contribution in [0.4, 0.5) is 5.88 Å². The van der Waals surface area contributed by atoms with Gasteiger partial charge in [0.2, 0.25) is 5.88 Å². The number of hydrogen-bond acceptors (Lipinski definition) is 6. The molecule has 3 atom stereocenters. The van der Waals surface area contributed by atoms with E-state index >= 15 is 0 Å². The molecule has 1 heterocycles. The van der Waals surface area contributed by atoms with Crippen LogP contribution in [0.1, 0.15) is 57.4 Å². The van der Waals surface area contributed by atoms with Gasteiger partial charge in [0.25, 0.3) is 15.9 Å². The second kappa shape index (κ2) is 12.3. The molecule has 0 aliphatic heterocycles. The zero-order valence-corrected chi connectivity index (χ0v) is 25.2. The van der Waals surface area contributed by atoms with Gasteiger partial charge in [-0.2, -0.15) is 0 Å². The fraction of sp³-hybridized carbons (Fsp3) is 0.433. The molecular formula is C30H41N4O5S+. The number of primary amides is 1. The topological polar surface area (TPSA) is 132 Å². The number of carbonyl (C=O) groups is 2. The van der Waals surface area contributed by atoms with Crippen LogP contribution in [0, 0.1) is 25.7 Å². The minimum atomic E-state index is -3.98. The number of nitrogens with two attached hydrogens (primary N) is 1. The third-order valence-electron chi connectivity index (χ3n) is 7.58. The van der Waals surface area contributed by atoms with E-state index < -0.39 is 22.0 Å². The predicted octanol–water partition coefficient (Wildman–Crippen LogP) is 5.18. The zero-order chi connectivity index (χ0) is 29.8. The molecule has 0 aliphatic carbocycles. The van der Waals surface area contributed by atoms with Crippen molar-refractivity contribution in [2.24, 2.45) is 17.6 Å². The standard InChI is InChI=1S/C30H40N4O5S/c1-8-20(4)28(29(31)36)34(7,27(35)17-19(2)3)18-23-13-15-24(16-14-23)25-11-9-10-12-26(25)40(37,38)33-30-21(5)22(6)32-39-30/h9-16,19-20,28H,8,17-18H2,1-7H3,(H2-,31,32,33,36)/p+1/t20-,28-,34?/m0/s1. The zero-order valence-electron chi connectivity index (χ0n) is 24.4. The molecule has 0 radical (unpaired) electrons. The average molecular weight is 570 g/mol. The Morgan fingerprint density at radius 2 is 1.68 bits per heavy atom. The molecule has 3 aromatic rings. The lowest BCUT2D eigenvalue weighted by atomic mass is 9.92. The Morgan fingerprint density at radius 1 is 1.05 bits per heavy atom. The second-order valence-electron chi connectivity index (χ2n) is 11.2. The molecule has 9 nitrogen and oxygen atoms in total. The molecule has 40 heavy (non-hydrogen) atoms. The molecule has 2 amide bonds. The van der Waals surface area contributed by atoms with E-state index in [1.165, 1.54) is 6.07 Å². The summed E-state index contributed by atoms with van der Waals surface area (Å²) in [5.74, 6) is -0.400. The van der Waals surface area contributed by atoms with Crippen molar-refractivity contribution in [2.45, 2.75) is 71.9 Å². The summed E-state index contributed by atoms with van der Waals surface area (Å²) in [4.78, 5) is 26.3. The Bertz CT molecular complexity index is 1460. The Balaban J connectivity index is 1.98. The van der Waals surface area contributed by atoms with Crippen LogP contribution in [0.2, 0.25) is 0 Å². The smallest absolute Gasteiger partial charge is 0.314 e. The van der Waals surface area contributed by atoms with Gasteiger partial charge in [-0.1, -0.05) is 75.3 Å². The number of carbonyl (C=O) groups excluding carboxylic acids is 2. The van der Waals surface area contributed by atoms with Gasteiger partial charge in [0, 0.05) is 22.6 Å². The third kappa shape index (κ3) is 6.62. The van der Waals surface area contributed by atoms with Crippen LogP contribution in [0.25, 0.3) is 11.1 Å². The lowest BCUT2D eigenvalue weighted by Crippen LogP contribution is -2.63. The Hall–Kier alpha value is -3.50. The molecule has 10 heteroatoms. The molecule has 0 aliphatic rings. The predicted molar refractivity (Wildman–Crippen MR) is 155 cm³/mol. The van der Waals surface area contributed by atoms with Crippen LogP contribution in [-0.4, -0.2) is 43.0 Å². The minimum Gasteiger partial charge on any atom is -0.364 e. The number of quaternary nitrogens is 1. The normalized spacial score (nSPS) is 14.9. The van der Waals surface area contributed by atoms with E-state index in [4.69, 9.17) is 10.3 Å². The Kier molecular flexibility index (Phi) is 9.58. The van der Waals surface area contributed by atoms with Crippen LogP contribution in [0.3, 0.4) is 0 Å². The van der Waals surface area contributed by atoms with E-state index in [1.807, 2.05) is 52.0 Å². The van der Waals surface area contributed by atoms with Crippen molar-refractivity contribution in [1.29, 1.82) is 0 Å². The van der Waals surface area contributed by atoms with E-state index in [1.54, 1.807) is 39.1 Å². The number of nitrogens with zero attached hydrogens (tertiary/aromatic N) is 2. The summed E-state index contributed by atoms with van der Waals surface area (Å²) in [6, 6.07) is 13.4. The number of amides is 2. The van der Waals surface area contributed by atoms with Crippen molar-refractivity contribution in [3.05, 3.63) is 65.4 Å². The molecule has 1 unspecified atom stereocenters. The van der Waals surface area contributed by atoms with Gasteiger partial charge in [0.05, 0.1) is 24.1 Å². The van der Waals surface area contributed by atoms with Crippen molar-refractivity contribution in [1.82, 2.24) is 5.16 Å². The molecule has 0 bridgehead atoms. The third-order valence-corrected chi connectivity index (χ3v) is 8.97. The fourth-order valence-corrected chi connectivity index (χ4v) is 6.32. The molecule has 1 aromatic heterocycles.